The van der Waals surface area contributed by atoms with Crippen LogP contribution in [0.5, 0.6) is 0 Å². The van der Waals surface area contributed by atoms with Crippen molar-refractivity contribution in [3.05, 3.63) is 71.8 Å². The summed E-state index contributed by atoms with van der Waals surface area (Å²) in [6, 6.07) is 20.9. The zero-order chi connectivity index (χ0) is 24.6. The van der Waals surface area contributed by atoms with Gasteiger partial charge in [-0.2, -0.15) is 0 Å². The Kier molecular flexibility index (Phi) is 6.82. The fourth-order valence-electron chi connectivity index (χ4n) is 7.31. The summed E-state index contributed by atoms with van der Waals surface area (Å²) in [5.74, 6) is 1.54. The number of amides is 1. The number of nitrogens with one attached hydrogen (secondary N) is 2. The van der Waals surface area contributed by atoms with Crippen LogP contribution in [0.1, 0.15) is 44.7 Å². The molecule has 4 aliphatic rings. The van der Waals surface area contributed by atoms with E-state index in [9.17, 15) is 9.59 Å². The minimum Gasteiger partial charge on any atom is -0.354 e. The monoisotopic (exact) mass is 473 g/mol. The van der Waals surface area contributed by atoms with E-state index in [1.165, 1.54) is 11.1 Å². The van der Waals surface area contributed by atoms with E-state index >= 15 is 0 Å². The zero-order valence-corrected chi connectivity index (χ0v) is 21.2. The predicted molar refractivity (Wildman–Crippen MR) is 139 cm³/mol. The van der Waals surface area contributed by atoms with Crippen LogP contribution in [0.25, 0.3) is 0 Å². The van der Waals surface area contributed by atoms with Gasteiger partial charge in [0.2, 0.25) is 5.91 Å². The summed E-state index contributed by atoms with van der Waals surface area (Å²) in [6.45, 7) is 8.64. The van der Waals surface area contributed by atoms with Crippen LogP contribution < -0.4 is 10.6 Å². The second-order valence-corrected chi connectivity index (χ2v) is 11.4. The molecule has 3 aliphatic heterocycles. The van der Waals surface area contributed by atoms with E-state index in [1.807, 2.05) is 18.2 Å². The van der Waals surface area contributed by atoms with Gasteiger partial charge in [-0.25, -0.2) is 0 Å². The van der Waals surface area contributed by atoms with Gasteiger partial charge >= 0.3 is 0 Å². The van der Waals surface area contributed by atoms with Crippen molar-refractivity contribution in [2.24, 2.45) is 23.7 Å². The molecule has 2 aromatic carbocycles. The number of hydrogen-bond acceptors (Lipinski definition) is 4. The van der Waals surface area contributed by atoms with Gasteiger partial charge in [-0.05, 0) is 49.1 Å². The van der Waals surface area contributed by atoms with Crippen molar-refractivity contribution in [3.63, 3.8) is 0 Å². The minimum absolute atomic E-state index is 0.0834. The zero-order valence-electron chi connectivity index (χ0n) is 21.2. The number of fused-ring (bicyclic) bond motifs is 1. The third-order valence-corrected chi connectivity index (χ3v) is 8.60. The largest absolute Gasteiger partial charge is 0.354 e. The standard InChI is InChI=1S/C30H39N3O2/c1-20(2)16-25-28-26-24(19-33(28)18-23-12-8-5-9-13-23)17-30(25,32-27(26)21(3)34)29(35)31-15-14-22-10-6-4-7-11-22/h4-13,20,24-28,32H,14-19H2,1-3H3,(H,31,35). The van der Waals surface area contributed by atoms with Gasteiger partial charge < -0.3 is 5.32 Å². The summed E-state index contributed by atoms with van der Waals surface area (Å²) in [5.41, 5.74) is 1.83. The smallest absolute Gasteiger partial charge is 0.240 e. The summed E-state index contributed by atoms with van der Waals surface area (Å²) in [4.78, 5) is 29.4. The average molecular weight is 474 g/mol. The molecule has 1 aliphatic carbocycles. The Labute approximate surface area is 209 Å². The molecule has 4 bridgehead atoms. The van der Waals surface area contributed by atoms with Crippen LogP contribution in [0, 0.1) is 23.7 Å². The van der Waals surface area contributed by atoms with Gasteiger partial charge in [0.05, 0.1) is 6.04 Å². The van der Waals surface area contributed by atoms with Crippen molar-refractivity contribution in [1.29, 1.82) is 0 Å². The second kappa shape index (κ2) is 9.87. The van der Waals surface area contributed by atoms with Crippen LogP contribution >= 0.6 is 0 Å². The lowest BCUT2D eigenvalue weighted by Gasteiger charge is -2.59. The van der Waals surface area contributed by atoms with Crippen LogP contribution in [0.4, 0.5) is 0 Å². The molecular weight excluding hydrogens is 434 g/mol. The van der Waals surface area contributed by atoms with Crippen molar-refractivity contribution in [2.45, 2.75) is 64.2 Å². The molecule has 3 saturated heterocycles. The van der Waals surface area contributed by atoms with Gasteiger partial charge in [-0.15, -0.1) is 0 Å². The Morgan fingerprint density at radius 2 is 1.71 bits per heavy atom. The highest BCUT2D eigenvalue weighted by Gasteiger charge is 2.68. The molecule has 5 heteroatoms. The van der Waals surface area contributed by atoms with Gasteiger partial charge in [0.1, 0.15) is 11.3 Å². The summed E-state index contributed by atoms with van der Waals surface area (Å²) in [7, 11) is 0. The normalized spacial score (nSPS) is 31.6. The summed E-state index contributed by atoms with van der Waals surface area (Å²) < 4.78 is 0. The van der Waals surface area contributed by atoms with Crippen molar-refractivity contribution in [3.8, 4) is 0 Å². The van der Waals surface area contributed by atoms with Gasteiger partial charge in [0, 0.05) is 37.5 Å². The van der Waals surface area contributed by atoms with E-state index in [2.05, 4.69) is 71.8 Å². The maximum atomic E-state index is 14.0. The summed E-state index contributed by atoms with van der Waals surface area (Å²) in [5, 5.41) is 6.95. The maximum Gasteiger partial charge on any atom is 0.240 e. The molecule has 2 N–H and O–H groups in total. The fourth-order valence-corrected chi connectivity index (χ4v) is 7.31. The first-order valence-corrected chi connectivity index (χ1v) is 13.3. The molecule has 6 rings (SSSR count). The van der Waals surface area contributed by atoms with Gasteiger partial charge in [0.15, 0.2) is 0 Å². The summed E-state index contributed by atoms with van der Waals surface area (Å²) in [6.07, 6.45) is 2.60. The molecule has 0 spiro atoms. The van der Waals surface area contributed by atoms with E-state index in [-0.39, 0.29) is 35.6 Å². The number of piperidine rings is 2. The van der Waals surface area contributed by atoms with Crippen molar-refractivity contribution >= 4 is 11.7 Å². The lowest BCUT2D eigenvalue weighted by atomic mass is 9.55. The van der Waals surface area contributed by atoms with E-state index in [0.29, 0.717) is 18.4 Å². The van der Waals surface area contributed by atoms with Crippen molar-refractivity contribution in [2.75, 3.05) is 13.1 Å². The van der Waals surface area contributed by atoms with E-state index in [0.717, 1.165) is 32.4 Å². The van der Waals surface area contributed by atoms with Crippen LogP contribution in [0.3, 0.4) is 0 Å². The number of carbonyl (C=O) groups is 2. The van der Waals surface area contributed by atoms with Crippen LogP contribution in [0.2, 0.25) is 0 Å². The van der Waals surface area contributed by atoms with E-state index in [1.54, 1.807) is 6.92 Å². The molecule has 0 aromatic heterocycles. The van der Waals surface area contributed by atoms with Crippen LogP contribution in [0.15, 0.2) is 60.7 Å². The number of hydrogen-bond donors (Lipinski definition) is 2. The maximum absolute atomic E-state index is 14.0. The van der Waals surface area contributed by atoms with Gasteiger partial charge in [-0.3, -0.25) is 19.8 Å². The highest BCUT2D eigenvalue weighted by atomic mass is 16.2. The number of benzene rings is 2. The third-order valence-electron chi connectivity index (χ3n) is 8.60. The Balaban J connectivity index is 1.43. The predicted octanol–water partition coefficient (Wildman–Crippen LogP) is 3.83. The number of carbonyl (C=O) groups excluding carboxylic acids is 2. The Hall–Kier alpha value is -2.50. The highest BCUT2D eigenvalue weighted by Crippen LogP contribution is 2.56. The first kappa shape index (κ1) is 24.2. The second-order valence-electron chi connectivity index (χ2n) is 11.4. The molecule has 0 radical (unpaired) electrons. The van der Waals surface area contributed by atoms with Crippen LogP contribution in [-0.4, -0.2) is 47.3 Å². The number of rotatable bonds is 9. The SMILES string of the molecule is CC(=O)C1NC2(C(=O)NCCc3ccccc3)CC3CN(Cc4ccccc4)C(C31)C2CC(C)C. The van der Waals surface area contributed by atoms with Crippen LogP contribution in [-0.2, 0) is 22.6 Å². The molecule has 6 atom stereocenters. The Morgan fingerprint density at radius 1 is 1.06 bits per heavy atom. The van der Waals surface area contributed by atoms with Gasteiger partial charge in [0.25, 0.3) is 0 Å². The topological polar surface area (TPSA) is 61.4 Å². The molecule has 3 heterocycles. The quantitative estimate of drug-likeness (QED) is 0.581. The number of likely N-dealkylation sites (tertiary alicyclic amines) is 1. The lowest BCUT2D eigenvalue weighted by Crippen LogP contribution is -2.78. The molecule has 5 nitrogen and oxygen atoms in total. The molecule has 6 unspecified atom stereocenters. The molecule has 4 fully saturated rings. The number of nitrogens with zero attached hydrogens (tertiary/aromatic N) is 1. The fraction of sp³-hybridized carbons (Fsp3) is 0.533. The molecule has 1 amide bonds. The number of ketones is 1. The first-order chi connectivity index (χ1) is 16.9. The molecule has 1 saturated carbocycles. The Morgan fingerprint density at radius 3 is 2.34 bits per heavy atom. The molecule has 2 aromatic rings. The van der Waals surface area contributed by atoms with E-state index in [4.69, 9.17) is 0 Å². The lowest BCUT2D eigenvalue weighted by molar-refractivity contribution is -0.146. The van der Waals surface area contributed by atoms with Crippen molar-refractivity contribution in [1.82, 2.24) is 15.5 Å². The van der Waals surface area contributed by atoms with Gasteiger partial charge in [-0.1, -0.05) is 74.5 Å². The third kappa shape index (κ3) is 4.56. The first-order valence-electron chi connectivity index (χ1n) is 13.3. The average Bonchev–Trinajstić information content (AvgIpc) is 3.15. The van der Waals surface area contributed by atoms with Crippen molar-refractivity contribution < 1.29 is 9.59 Å². The van der Waals surface area contributed by atoms with E-state index < -0.39 is 5.54 Å². The molecular formula is C30H39N3O2. The minimum atomic E-state index is -0.688. The summed E-state index contributed by atoms with van der Waals surface area (Å²) >= 11 is 0. The highest BCUT2D eigenvalue weighted by molar-refractivity contribution is 5.90. The Bertz CT molecular complexity index is 1040. The molecule has 186 valence electrons. The number of Topliss-reactive ketones (excluding diaryl/α,β-unsaturated/α-hetero) is 1. The molecule has 35 heavy (non-hydrogen) atoms.